The highest BCUT2D eigenvalue weighted by atomic mass is 16.5. The van der Waals surface area contributed by atoms with Gasteiger partial charge in [-0.15, -0.1) is 0 Å². The van der Waals surface area contributed by atoms with Crippen molar-refractivity contribution in [2.45, 2.75) is 52.4 Å². The second kappa shape index (κ2) is 13.1. The van der Waals surface area contributed by atoms with Crippen LogP contribution < -0.4 is 9.30 Å². The van der Waals surface area contributed by atoms with Gasteiger partial charge in [-0.3, -0.25) is 4.57 Å². The molecule has 0 spiro atoms. The normalized spacial score (nSPS) is 12.2. The molecule has 0 aliphatic rings. The molecule has 0 atom stereocenters. The fourth-order valence-corrected chi connectivity index (χ4v) is 7.60. The van der Waals surface area contributed by atoms with E-state index in [0.29, 0.717) is 0 Å². The van der Waals surface area contributed by atoms with Crippen LogP contribution in [0, 0.1) is 0 Å². The van der Waals surface area contributed by atoms with Crippen molar-refractivity contribution in [1.82, 2.24) is 14.1 Å². The summed E-state index contributed by atoms with van der Waals surface area (Å²) in [4.78, 5) is 4.86. The first kappa shape index (κ1) is 34.3. The Hall–Kier alpha value is -6.46. The fraction of sp³-hybridized carbons (Fsp3) is 0.160. The Morgan fingerprint density at radius 1 is 0.527 bits per heavy atom. The third kappa shape index (κ3) is 6.36. The number of hydrogen-bond donors (Lipinski definition) is 0. The van der Waals surface area contributed by atoms with Gasteiger partial charge in [-0.05, 0) is 99.8 Å². The van der Waals surface area contributed by atoms with Crippen LogP contribution in [0.5, 0.6) is 11.5 Å². The minimum atomic E-state index is -0.0194. The highest BCUT2D eigenvalue weighted by Gasteiger charge is 2.23. The number of hydrogen-bond acceptors (Lipinski definition) is 2. The Balaban J connectivity index is 1.12. The maximum absolute atomic E-state index is 6.68. The van der Waals surface area contributed by atoms with Crippen LogP contribution in [0.1, 0.15) is 52.7 Å². The largest absolute Gasteiger partial charge is 0.457 e. The summed E-state index contributed by atoms with van der Waals surface area (Å²) in [5.41, 5.74) is 11.5. The van der Waals surface area contributed by atoms with Gasteiger partial charge in [0, 0.05) is 29.1 Å². The maximum atomic E-state index is 6.68. The van der Waals surface area contributed by atoms with Crippen LogP contribution in [0.2, 0.25) is 0 Å². The quantitative estimate of drug-likeness (QED) is 0.161. The first-order chi connectivity index (χ1) is 26.5. The molecule has 0 saturated carbocycles. The summed E-state index contributed by atoms with van der Waals surface area (Å²) in [6.07, 6.45) is 4.12. The van der Waals surface area contributed by atoms with Crippen LogP contribution >= 0.6 is 0 Å². The highest BCUT2D eigenvalue weighted by molar-refractivity contribution is 6.09. The zero-order valence-electron chi connectivity index (χ0n) is 32.3. The summed E-state index contributed by atoms with van der Waals surface area (Å²) in [7, 11) is 0. The van der Waals surface area contributed by atoms with Crippen LogP contribution in [-0.4, -0.2) is 14.1 Å². The van der Waals surface area contributed by atoms with E-state index in [1.807, 2.05) is 12.3 Å². The molecule has 0 saturated heterocycles. The zero-order valence-corrected chi connectivity index (χ0v) is 32.3. The number of nitrogens with zero attached hydrogens (tertiary/aromatic N) is 4. The lowest BCUT2D eigenvalue weighted by molar-refractivity contribution is -0.567. The van der Waals surface area contributed by atoms with Gasteiger partial charge in [0.25, 0.3) is 6.33 Å². The molecule has 0 aliphatic heterocycles. The van der Waals surface area contributed by atoms with Crippen LogP contribution in [0.4, 0.5) is 0 Å². The first-order valence-electron chi connectivity index (χ1n) is 19.0. The Morgan fingerprint density at radius 3 is 2.04 bits per heavy atom. The molecule has 3 heterocycles. The minimum Gasteiger partial charge on any atom is -0.457 e. The molecular weight excluding hydrogens is 673 g/mol. The lowest BCUT2D eigenvalue weighted by Crippen LogP contribution is -2.29. The van der Waals surface area contributed by atoms with Gasteiger partial charge in [-0.25, -0.2) is 4.98 Å². The Morgan fingerprint density at radius 2 is 1.24 bits per heavy atom. The predicted molar refractivity (Wildman–Crippen MR) is 226 cm³/mol. The number of para-hydroxylation sites is 3. The lowest BCUT2D eigenvalue weighted by atomic mass is 9.85. The monoisotopic (exact) mass is 717 g/mol. The second-order valence-corrected chi connectivity index (χ2v) is 16.5. The highest BCUT2D eigenvalue weighted by Crippen LogP contribution is 2.36. The molecule has 0 radical (unpaired) electrons. The number of benzene rings is 6. The van der Waals surface area contributed by atoms with E-state index >= 15 is 0 Å². The van der Waals surface area contributed by atoms with Crippen molar-refractivity contribution in [1.29, 1.82) is 0 Å². The van der Waals surface area contributed by atoms with Crippen molar-refractivity contribution in [3.8, 4) is 39.8 Å². The van der Waals surface area contributed by atoms with Crippen LogP contribution in [-0.2, 0) is 10.8 Å². The van der Waals surface area contributed by atoms with Crippen LogP contribution in [0.3, 0.4) is 0 Å². The van der Waals surface area contributed by atoms with E-state index in [2.05, 4.69) is 207 Å². The summed E-state index contributed by atoms with van der Waals surface area (Å²) >= 11 is 0. The van der Waals surface area contributed by atoms with Crippen LogP contribution in [0.25, 0.3) is 61.2 Å². The van der Waals surface area contributed by atoms with Crippen molar-refractivity contribution in [2.75, 3.05) is 0 Å². The van der Waals surface area contributed by atoms with E-state index in [-0.39, 0.29) is 10.8 Å². The van der Waals surface area contributed by atoms with E-state index in [4.69, 9.17) is 9.72 Å². The van der Waals surface area contributed by atoms with Crippen molar-refractivity contribution in [3.63, 3.8) is 0 Å². The molecule has 0 bridgehead atoms. The van der Waals surface area contributed by atoms with E-state index in [1.165, 1.54) is 27.6 Å². The molecule has 270 valence electrons. The van der Waals surface area contributed by atoms with Gasteiger partial charge in [-0.1, -0.05) is 114 Å². The SMILES string of the molecule is CC(C)(C)c1cc(-c2ccccc2)cc(-[n+]2cn(-c3cccc(Oc4ccc5c6ccccc6n(-c6cc(C(C)(C)C)ccn6)c5c4)c3)c3ccccc32)c1. The van der Waals surface area contributed by atoms with Crippen molar-refractivity contribution >= 4 is 32.8 Å². The van der Waals surface area contributed by atoms with Gasteiger partial charge in [0.15, 0.2) is 11.0 Å². The fourth-order valence-electron chi connectivity index (χ4n) is 7.60. The predicted octanol–water partition coefficient (Wildman–Crippen LogP) is 12.5. The summed E-state index contributed by atoms with van der Waals surface area (Å²) in [6, 6.07) is 53.8. The molecule has 55 heavy (non-hydrogen) atoms. The van der Waals surface area contributed by atoms with Gasteiger partial charge in [0.1, 0.15) is 28.7 Å². The smallest absolute Gasteiger partial charge is 0.255 e. The van der Waals surface area contributed by atoms with E-state index in [0.717, 1.165) is 56.1 Å². The summed E-state index contributed by atoms with van der Waals surface area (Å²) in [5, 5.41) is 2.35. The molecule has 0 fully saturated rings. The summed E-state index contributed by atoms with van der Waals surface area (Å²) in [6.45, 7) is 13.5. The average molecular weight is 718 g/mol. The van der Waals surface area contributed by atoms with Crippen molar-refractivity contribution < 1.29 is 9.30 Å². The molecule has 0 N–H and O–H groups in total. The van der Waals surface area contributed by atoms with E-state index in [9.17, 15) is 0 Å². The topological polar surface area (TPSA) is 35.9 Å². The van der Waals surface area contributed by atoms with Gasteiger partial charge in [0.05, 0.1) is 11.0 Å². The molecule has 5 nitrogen and oxygen atoms in total. The summed E-state index contributed by atoms with van der Waals surface area (Å²) in [5.74, 6) is 2.42. The number of fused-ring (bicyclic) bond motifs is 4. The van der Waals surface area contributed by atoms with E-state index in [1.54, 1.807) is 0 Å². The maximum Gasteiger partial charge on any atom is 0.255 e. The zero-order chi connectivity index (χ0) is 37.9. The third-order valence-corrected chi connectivity index (χ3v) is 10.6. The molecular formula is C50H45N4O+. The number of imidazole rings is 1. The summed E-state index contributed by atoms with van der Waals surface area (Å²) < 4.78 is 13.5. The number of aromatic nitrogens is 4. The molecule has 0 unspecified atom stereocenters. The minimum absolute atomic E-state index is 0.00161. The van der Waals surface area contributed by atoms with Gasteiger partial charge in [0.2, 0.25) is 0 Å². The van der Waals surface area contributed by atoms with Gasteiger partial charge in [-0.2, -0.15) is 9.13 Å². The number of pyridine rings is 1. The standard InChI is InChI=1S/C50H45N4O/c1-49(2,3)36-25-26-51-48(30-36)54-44-20-11-10-19-42(44)43-24-23-41(32-47(43)54)55-40-18-14-17-38(31-40)52-33-53(46-22-13-12-21-45(46)52)39-28-35(34-15-8-7-9-16-34)27-37(29-39)50(4,5)6/h7-33H,1-6H3/q+1. The van der Waals surface area contributed by atoms with Gasteiger partial charge < -0.3 is 4.74 Å². The molecule has 0 aliphatic carbocycles. The molecule has 9 aromatic rings. The lowest BCUT2D eigenvalue weighted by Gasteiger charge is -2.21. The van der Waals surface area contributed by atoms with Gasteiger partial charge >= 0.3 is 0 Å². The molecule has 6 aromatic carbocycles. The number of ether oxygens (including phenoxy) is 1. The van der Waals surface area contributed by atoms with E-state index < -0.39 is 0 Å². The molecule has 5 heteroatoms. The molecule has 3 aromatic heterocycles. The molecule has 0 amide bonds. The molecule has 9 rings (SSSR count). The van der Waals surface area contributed by atoms with Crippen molar-refractivity contribution in [2.24, 2.45) is 0 Å². The third-order valence-electron chi connectivity index (χ3n) is 10.6. The Kier molecular flexibility index (Phi) is 8.20. The first-order valence-corrected chi connectivity index (χ1v) is 19.0. The Labute approximate surface area is 322 Å². The Bertz CT molecular complexity index is 2870. The number of rotatable bonds is 6. The average Bonchev–Trinajstić information content (AvgIpc) is 3.74. The second-order valence-electron chi connectivity index (χ2n) is 16.5. The van der Waals surface area contributed by atoms with Crippen molar-refractivity contribution in [3.05, 3.63) is 175 Å². The van der Waals surface area contributed by atoms with Crippen LogP contribution in [0.15, 0.2) is 164 Å².